The highest BCUT2D eigenvalue weighted by Crippen LogP contribution is 2.51. The minimum Gasteiger partial charge on any atom is -0.389 e. The van der Waals surface area contributed by atoms with Crippen LogP contribution >= 0.6 is 0 Å². The van der Waals surface area contributed by atoms with Gasteiger partial charge in [0.15, 0.2) is 0 Å². The average Bonchev–Trinajstić information content (AvgIpc) is 2.61. The molecule has 0 aromatic carbocycles. The van der Waals surface area contributed by atoms with E-state index in [4.69, 9.17) is 0 Å². The number of aldehydes is 1. The Morgan fingerprint density at radius 2 is 1.57 bits per heavy atom. The Hall–Kier alpha value is -0.370. The standard InChI is InChI=1S/C12H20O2/c13-10-9-12(14)7-5-11(6-8-12)3-1-2-4-11/h10,14H,1-9H2. The van der Waals surface area contributed by atoms with Gasteiger partial charge in [-0.3, -0.25) is 0 Å². The number of rotatable bonds is 2. The molecule has 1 spiro atoms. The molecule has 0 heterocycles. The van der Waals surface area contributed by atoms with Crippen molar-refractivity contribution in [3.8, 4) is 0 Å². The van der Waals surface area contributed by atoms with E-state index in [1.165, 1.54) is 25.7 Å². The molecule has 2 nitrogen and oxygen atoms in total. The van der Waals surface area contributed by atoms with Crippen LogP contribution < -0.4 is 0 Å². The second-order valence-corrected chi connectivity index (χ2v) is 5.30. The van der Waals surface area contributed by atoms with Gasteiger partial charge in [0.2, 0.25) is 0 Å². The summed E-state index contributed by atoms with van der Waals surface area (Å²) >= 11 is 0. The first kappa shape index (κ1) is 10.2. The van der Waals surface area contributed by atoms with Crippen LogP contribution in [-0.4, -0.2) is 17.0 Å². The van der Waals surface area contributed by atoms with E-state index in [1.54, 1.807) is 0 Å². The monoisotopic (exact) mass is 196 g/mol. The third kappa shape index (κ3) is 1.85. The van der Waals surface area contributed by atoms with Crippen molar-refractivity contribution in [1.29, 1.82) is 0 Å². The summed E-state index contributed by atoms with van der Waals surface area (Å²) in [4.78, 5) is 10.4. The Balaban J connectivity index is 1.93. The highest BCUT2D eigenvalue weighted by Gasteiger charge is 2.42. The summed E-state index contributed by atoms with van der Waals surface area (Å²) in [5.41, 5.74) is -0.106. The minimum absolute atomic E-state index is 0.336. The van der Waals surface area contributed by atoms with Gasteiger partial charge in [0.1, 0.15) is 6.29 Å². The minimum atomic E-state index is -0.657. The van der Waals surface area contributed by atoms with Gasteiger partial charge in [-0.15, -0.1) is 0 Å². The molecule has 80 valence electrons. The van der Waals surface area contributed by atoms with Crippen LogP contribution in [0, 0.1) is 5.41 Å². The van der Waals surface area contributed by atoms with Crippen LogP contribution in [0.1, 0.15) is 57.8 Å². The molecule has 0 aliphatic heterocycles. The summed E-state index contributed by atoms with van der Waals surface area (Å²) in [7, 11) is 0. The van der Waals surface area contributed by atoms with Crippen molar-refractivity contribution in [3.05, 3.63) is 0 Å². The second kappa shape index (κ2) is 3.65. The molecule has 0 amide bonds. The molecular formula is C12H20O2. The zero-order chi connectivity index (χ0) is 10.1. The lowest BCUT2D eigenvalue weighted by Gasteiger charge is -2.41. The molecule has 0 unspecified atom stereocenters. The van der Waals surface area contributed by atoms with Gasteiger partial charge in [-0.1, -0.05) is 12.8 Å². The Kier molecular flexibility index (Phi) is 2.65. The normalized spacial score (nSPS) is 29.2. The lowest BCUT2D eigenvalue weighted by atomic mass is 9.67. The zero-order valence-electron chi connectivity index (χ0n) is 8.80. The fourth-order valence-electron chi connectivity index (χ4n) is 3.23. The van der Waals surface area contributed by atoms with Crippen LogP contribution in [-0.2, 0) is 4.79 Å². The molecule has 0 saturated heterocycles. The van der Waals surface area contributed by atoms with E-state index in [0.29, 0.717) is 11.8 Å². The summed E-state index contributed by atoms with van der Waals surface area (Å²) < 4.78 is 0. The van der Waals surface area contributed by atoms with Crippen molar-refractivity contribution < 1.29 is 9.90 Å². The predicted octanol–water partition coefficient (Wildman–Crippen LogP) is 2.44. The Morgan fingerprint density at radius 1 is 1.00 bits per heavy atom. The largest absolute Gasteiger partial charge is 0.389 e. The van der Waals surface area contributed by atoms with E-state index in [1.807, 2.05) is 0 Å². The van der Waals surface area contributed by atoms with Crippen LogP contribution in [0.5, 0.6) is 0 Å². The van der Waals surface area contributed by atoms with Crippen molar-refractivity contribution in [1.82, 2.24) is 0 Å². The second-order valence-electron chi connectivity index (χ2n) is 5.30. The highest BCUT2D eigenvalue weighted by atomic mass is 16.3. The number of hydrogen-bond acceptors (Lipinski definition) is 2. The molecule has 14 heavy (non-hydrogen) atoms. The highest BCUT2D eigenvalue weighted by molar-refractivity contribution is 5.51. The molecule has 2 rings (SSSR count). The van der Waals surface area contributed by atoms with E-state index in [-0.39, 0.29) is 0 Å². The Morgan fingerprint density at radius 3 is 2.07 bits per heavy atom. The van der Waals surface area contributed by atoms with E-state index in [0.717, 1.165) is 32.0 Å². The Bertz CT molecular complexity index is 206. The summed E-state index contributed by atoms with van der Waals surface area (Å²) in [5.74, 6) is 0. The topological polar surface area (TPSA) is 37.3 Å². The molecule has 0 atom stereocenters. The van der Waals surface area contributed by atoms with E-state index < -0.39 is 5.60 Å². The van der Waals surface area contributed by atoms with E-state index in [2.05, 4.69) is 0 Å². The van der Waals surface area contributed by atoms with Crippen molar-refractivity contribution in [2.45, 2.75) is 63.4 Å². The summed E-state index contributed by atoms with van der Waals surface area (Å²) in [5, 5.41) is 10.1. The van der Waals surface area contributed by atoms with Gasteiger partial charge in [0.05, 0.1) is 5.60 Å². The average molecular weight is 196 g/mol. The van der Waals surface area contributed by atoms with Crippen LogP contribution in [0.25, 0.3) is 0 Å². The quantitative estimate of drug-likeness (QED) is 0.689. The van der Waals surface area contributed by atoms with Crippen molar-refractivity contribution in [3.63, 3.8) is 0 Å². The van der Waals surface area contributed by atoms with Gasteiger partial charge in [-0.2, -0.15) is 0 Å². The van der Waals surface area contributed by atoms with Gasteiger partial charge in [-0.25, -0.2) is 0 Å². The first-order valence-corrected chi connectivity index (χ1v) is 5.84. The van der Waals surface area contributed by atoms with Gasteiger partial charge in [0.25, 0.3) is 0 Å². The van der Waals surface area contributed by atoms with Crippen LogP contribution in [0.4, 0.5) is 0 Å². The maximum atomic E-state index is 10.4. The van der Waals surface area contributed by atoms with Gasteiger partial charge in [0, 0.05) is 6.42 Å². The Labute approximate surface area is 85.7 Å². The molecule has 1 N–H and O–H groups in total. The molecule has 0 bridgehead atoms. The molecule has 2 saturated carbocycles. The first-order chi connectivity index (χ1) is 6.68. The molecular weight excluding hydrogens is 176 g/mol. The number of carbonyl (C=O) groups is 1. The van der Waals surface area contributed by atoms with Crippen LogP contribution in [0.2, 0.25) is 0 Å². The van der Waals surface area contributed by atoms with Gasteiger partial charge in [-0.05, 0) is 43.9 Å². The summed E-state index contributed by atoms with van der Waals surface area (Å²) in [6.45, 7) is 0. The van der Waals surface area contributed by atoms with Gasteiger partial charge < -0.3 is 9.90 Å². The number of hydrogen-bond donors (Lipinski definition) is 1. The molecule has 0 aromatic rings. The third-order valence-electron chi connectivity index (χ3n) is 4.37. The maximum absolute atomic E-state index is 10.4. The molecule has 0 aromatic heterocycles. The lowest BCUT2D eigenvalue weighted by molar-refractivity contribution is -0.115. The molecule has 0 radical (unpaired) electrons. The lowest BCUT2D eigenvalue weighted by Crippen LogP contribution is -2.38. The fourth-order valence-corrected chi connectivity index (χ4v) is 3.23. The summed E-state index contributed by atoms with van der Waals surface area (Å²) in [6.07, 6.45) is 10.6. The van der Waals surface area contributed by atoms with E-state index >= 15 is 0 Å². The van der Waals surface area contributed by atoms with Crippen molar-refractivity contribution in [2.75, 3.05) is 0 Å². The molecule has 2 heteroatoms. The van der Waals surface area contributed by atoms with E-state index in [9.17, 15) is 9.90 Å². The van der Waals surface area contributed by atoms with Crippen LogP contribution in [0.3, 0.4) is 0 Å². The van der Waals surface area contributed by atoms with Gasteiger partial charge >= 0.3 is 0 Å². The van der Waals surface area contributed by atoms with Crippen LogP contribution in [0.15, 0.2) is 0 Å². The fraction of sp³-hybridized carbons (Fsp3) is 0.917. The maximum Gasteiger partial charge on any atom is 0.122 e. The predicted molar refractivity (Wildman–Crippen MR) is 55.0 cm³/mol. The van der Waals surface area contributed by atoms with Crippen molar-refractivity contribution in [2.24, 2.45) is 5.41 Å². The molecule has 2 aliphatic carbocycles. The smallest absolute Gasteiger partial charge is 0.122 e. The summed E-state index contributed by atoms with van der Waals surface area (Å²) in [6, 6.07) is 0. The van der Waals surface area contributed by atoms with Crippen molar-refractivity contribution >= 4 is 6.29 Å². The first-order valence-electron chi connectivity index (χ1n) is 5.84. The SMILES string of the molecule is O=CCC1(O)CCC2(CCCC2)CC1. The zero-order valence-corrected chi connectivity index (χ0v) is 8.80. The number of aliphatic hydroxyl groups is 1. The molecule has 2 aliphatic rings. The number of carbonyl (C=O) groups excluding carboxylic acids is 1. The third-order valence-corrected chi connectivity index (χ3v) is 4.37. The molecule has 2 fully saturated rings.